The smallest absolute Gasteiger partial charge is 0.338 e. The van der Waals surface area contributed by atoms with E-state index in [2.05, 4.69) is 15.0 Å². The molecule has 5 aromatic rings. The van der Waals surface area contributed by atoms with Gasteiger partial charge in [-0.25, -0.2) is 9.78 Å². The minimum Gasteiger partial charge on any atom is -0.491 e. The minimum atomic E-state index is -1.05. The zero-order valence-electron chi connectivity index (χ0n) is 18.7. The van der Waals surface area contributed by atoms with Crippen LogP contribution >= 0.6 is 22.9 Å². The molecule has 0 aliphatic rings. The summed E-state index contributed by atoms with van der Waals surface area (Å²) in [6, 6.07) is 8.93. The lowest BCUT2D eigenvalue weighted by molar-refractivity contribution is 0.0699. The molecule has 0 unspecified atom stereocenters. The number of aromatic nitrogens is 4. The van der Waals surface area contributed by atoms with Crippen molar-refractivity contribution in [3.63, 3.8) is 0 Å². The largest absolute Gasteiger partial charge is 0.491 e. The van der Waals surface area contributed by atoms with Crippen molar-refractivity contribution in [2.45, 2.75) is 13.5 Å². The van der Waals surface area contributed by atoms with Crippen molar-refractivity contribution in [2.24, 2.45) is 0 Å². The molecular formula is C25H16ClN5O4S. The lowest BCUT2D eigenvalue weighted by Crippen LogP contribution is -2.27. The molecule has 5 rings (SSSR count). The van der Waals surface area contributed by atoms with Gasteiger partial charge in [0.15, 0.2) is 0 Å². The van der Waals surface area contributed by atoms with E-state index < -0.39 is 5.97 Å². The number of carboxylic acids is 1. The van der Waals surface area contributed by atoms with E-state index in [1.54, 1.807) is 42.8 Å². The molecule has 1 aromatic carbocycles. The fourth-order valence-corrected chi connectivity index (χ4v) is 5.21. The quantitative estimate of drug-likeness (QED) is 0.343. The number of benzene rings is 1. The highest BCUT2D eigenvalue weighted by Gasteiger charge is 2.18. The summed E-state index contributed by atoms with van der Waals surface area (Å²) in [7, 11) is 0. The Bertz CT molecular complexity index is 1770. The molecule has 0 amide bonds. The summed E-state index contributed by atoms with van der Waals surface area (Å²) in [4.78, 5) is 37.3. The number of ether oxygens (including phenoxy) is 1. The summed E-state index contributed by atoms with van der Waals surface area (Å²) >= 11 is 7.56. The van der Waals surface area contributed by atoms with E-state index in [0.717, 1.165) is 5.56 Å². The van der Waals surface area contributed by atoms with Gasteiger partial charge >= 0.3 is 5.97 Å². The van der Waals surface area contributed by atoms with E-state index in [-0.39, 0.29) is 35.2 Å². The highest BCUT2D eigenvalue weighted by Crippen LogP contribution is 2.39. The molecule has 0 radical (unpaired) electrons. The summed E-state index contributed by atoms with van der Waals surface area (Å²) in [5.41, 5.74) is 2.13. The number of fused-ring (bicyclic) bond motifs is 2. The van der Waals surface area contributed by atoms with Crippen molar-refractivity contribution in [1.29, 1.82) is 5.26 Å². The highest BCUT2D eigenvalue weighted by atomic mass is 35.5. The fourth-order valence-electron chi connectivity index (χ4n) is 4.01. The average molecular weight is 518 g/mol. The number of rotatable bonds is 6. The number of nitriles is 1. The molecule has 11 heteroatoms. The molecule has 0 aliphatic carbocycles. The van der Waals surface area contributed by atoms with Gasteiger partial charge in [-0.1, -0.05) is 11.6 Å². The molecule has 4 aromatic heterocycles. The van der Waals surface area contributed by atoms with Crippen molar-refractivity contribution in [3.05, 3.63) is 80.6 Å². The number of halogens is 1. The first kappa shape index (κ1) is 23.4. The zero-order chi connectivity index (χ0) is 25.4. The Hall–Kier alpha value is -4.33. The van der Waals surface area contributed by atoms with Gasteiger partial charge < -0.3 is 9.84 Å². The third kappa shape index (κ3) is 4.04. The molecule has 0 aliphatic heterocycles. The molecule has 0 saturated carbocycles. The van der Waals surface area contributed by atoms with E-state index >= 15 is 0 Å². The van der Waals surface area contributed by atoms with Crippen LogP contribution in [-0.2, 0) is 6.54 Å². The topological polar surface area (TPSA) is 131 Å². The second kappa shape index (κ2) is 9.37. The van der Waals surface area contributed by atoms with Gasteiger partial charge in [-0.15, -0.1) is 11.3 Å². The summed E-state index contributed by atoms with van der Waals surface area (Å²) in [6.45, 7) is 2.03. The van der Waals surface area contributed by atoms with Gasteiger partial charge in [-0.2, -0.15) is 5.26 Å². The highest BCUT2D eigenvalue weighted by molar-refractivity contribution is 7.18. The van der Waals surface area contributed by atoms with Crippen molar-refractivity contribution in [1.82, 2.24) is 19.5 Å². The second-order valence-corrected chi connectivity index (χ2v) is 9.10. The van der Waals surface area contributed by atoms with Crippen LogP contribution in [0.5, 0.6) is 5.75 Å². The Labute approximate surface area is 212 Å². The molecule has 0 spiro atoms. The number of aryl methyl sites for hydroxylation is 1. The molecule has 36 heavy (non-hydrogen) atoms. The van der Waals surface area contributed by atoms with Gasteiger partial charge in [0, 0.05) is 33.9 Å². The van der Waals surface area contributed by atoms with E-state index in [9.17, 15) is 20.0 Å². The van der Waals surface area contributed by atoms with E-state index in [0.29, 0.717) is 37.9 Å². The Morgan fingerprint density at radius 1 is 1.28 bits per heavy atom. The van der Waals surface area contributed by atoms with Crippen LogP contribution in [0.2, 0.25) is 5.02 Å². The van der Waals surface area contributed by atoms with E-state index in [4.69, 9.17) is 16.3 Å². The molecule has 4 heterocycles. The molecule has 1 N–H and O–H groups in total. The van der Waals surface area contributed by atoms with Crippen LogP contribution in [-0.4, -0.2) is 37.2 Å². The van der Waals surface area contributed by atoms with Crippen LogP contribution in [0.25, 0.3) is 32.2 Å². The van der Waals surface area contributed by atoms with Crippen LogP contribution < -0.4 is 10.3 Å². The molecule has 0 saturated heterocycles. The number of thiophene rings is 1. The Morgan fingerprint density at radius 2 is 2.11 bits per heavy atom. The molecule has 0 atom stereocenters. The number of hydrogen-bond donors (Lipinski definition) is 1. The lowest BCUT2D eigenvalue weighted by Gasteiger charge is -2.15. The third-order valence-electron chi connectivity index (χ3n) is 5.67. The number of carbonyl (C=O) groups is 1. The van der Waals surface area contributed by atoms with Crippen molar-refractivity contribution >= 4 is 50.0 Å². The zero-order valence-corrected chi connectivity index (χ0v) is 20.3. The minimum absolute atomic E-state index is 0.131. The molecule has 178 valence electrons. The predicted octanol–water partition coefficient (Wildman–Crippen LogP) is 4.68. The summed E-state index contributed by atoms with van der Waals surface area (Å²) in [5.74, 6) is -0.0629. The maximum atomic E-state index is 13.1. The fraction of sp³-hybridized carbons (Fsp3) is 0.120. The number of aromatic carboxylic acids is 1. The monoisotopic (exact) mass is 517 g/mol. The van der Waals surface area contributed by atoms with Crippen LogP contribution in [0.3, 0.4) is 0 Å². The van der Waals surface area contributed by atoms with Crippen LogP contribution in [0, 0.1) is 18.3 Å². The SMILES string of the molecule is Cc1nc2cncc(C#N)c2c(=O)n1CCOc1ccc(Cl)cc1-c1ccnc2c(C(=O)O)csc12. The number of pyridine rings is 2. The number of nitrogens with zero attached hydrogens (tertiary/aromatic N) is 5. The van der Waals surface area contributed by atoms with Crippen LogP contribution in [0.15, 0.2) is 53.0 Å². The van der Waals surface area contributed by atoms with Gasteiger partial charge in [0.25, 0.3) is 5.56 Å². The molecule has 0 bridgehead atoms. The summed E-state index contributed by atoms with van der Waals surface area (Å²) < 4.78 is 8.24. The second-order valence-electron chi connectivity index (χ2n) is 7.79. The number of hydrogen-bond acceptors (Lipinski definition) is 8. The maximum absolute atomic E-state index is 13.1. The first-order valence-electron chi connectivity index (χ1n) is 10.7. The van der Waals surface area contributed by atoms with E-state index in [1.807, 2.05) is 6.07 Å². The molecule has 0 fully saturated rings. The van der Waals surface area contributed by atoms with Gasteiger partial charge in [0.1, 0.15) is 24.3 Å². The molecular weight excluding hydrogens is 502 g/mol. The van der Waals surface area contributed by atoms with Crippen LogP contribution in [0.1, 0.15) is 21.7 Å². The lowest BCUT2D eigenvalue weighted by atomic mass is 10.0. The average Bonchev–Trinajstić information content (AvgIpc) is 3.31. The van der Waals surface area contributed by atoms with Gasteiger partial charge in [0.05, 0.1) is 45.0 Å². The Balaban J connectivity index is 1.49. The standard InChI is InChI=1S/C25H16ClN5O4S/c1-13-30-19-11-28-10-14(9-27)21(19)24(32)31(13)6-7-35-20-3-2-15(26)8-17(20)16-4-5-29-22-18(25(33)34)12-36-23(16)22/h2-5,8,10-12H,6-7H2,1H3,(H,33,34). The summed E-state index contributed by atoms with van der Waals surface area (Å²) in [6.07, 6.45) is 4.35. The van der Waals surface area contributed by atoms with Crippen molar-refractivity contribution in [2.75, 3.05) is 6.61 Å². The number of carboxylic acid groups (broad SMARTS) is 1. The van der Waals surface area contributed by atoms with E-state index in [1.165, 1.54) is 28.3 Å². The molecule has 9 nitrogen and oxygen atoms in total. The predicted molar refractivity (Wildman–Crippen MR) is 136 cm³/mol. The third-order valence-corrected chi connectivity index (χ3v) is 6.90. The van der Waals surface area contributed by atoms with Gasteiger partial charge in [0.2, 0.25) is 0 Å². The Morgan fingerprint density at radius 3 is 2.89 bits per heavy atom. The van der Waals surface area contributed by atoms with Crippen LogP contribution in [0.4, 0.5) is 0 Å². The maximum Gasteiger partial charge on any atom is 0.338 e. The van der Waals surface area contributed by atoms with Gasteiger partial charge in [-0.05, 0) is 31.2 Å². The first-order chi connectivity index (χ1) is 17.4. The first-order valence-corrected chi connectivity index (χ1v) is 11.9. The van der Waals surface area contributed by atoms with Gasteiger partial charge in [-0.3, -0.25) is 19.3 Å². The van der Waals surface area contributed by atoms with Crippen molar-refractivity contribution < 1.29 is 14.6 Å². The Kier molecular flexibility index (Phi) is 6.10. The van der Waals surface area contributed by atoms with Crippen molar-refractivity contribution in [3.8, 4) is 22.9 Å². The normalized spacial score (nSPS) is 11.0. The summed E-state index contributed by atoms with van der Waals surface area (Å²) in [5, 5.41) is 21.1.